The number of thioether (sulfide) groups is 1. The Morgan fingerprint density at radius 2 is 2.18 bits per heavy atom. The van der Waals surface area contributed by atoms with Gasteiger partial charge in [-0.2, -0.15) is 13.2 Å². The molecule has 1 heterocycles. The fourth-order valence-electron chi connectivity index (χ4n) is 1.48. The van der Waals surface area contributed by atoms with Crippen molar-refractivity contribution in [3.05, 3.63) is 35.1 Å². The molecule has 0 atom stereocenters. The molecule has 118 valence electrons. The maximum Gasteiger partial charge on any atom is 0.417 e. The number of hydrogen-bond acceptors (Lipinski definition) is 5. The van der Waals surface area contributed by atoms with E-state index in [1.165, 1.54) is 12.4 Å². The summed E-state index contributed by atoms with van der Waals surface area (Å²) in [6.07, 6.45) is -3.34. The number of rotatable bonds is 4. The van der Waals surface area contributed by atoms with E-state index in [4.69, 9.17) is 17.4 Å². The van der Waals surface area contributed by atoms with Crippen LogP contribution in [0.1, 0.15) is 5.56 Å². The first kappa shape index (κ1) is 16.4. The van der Waals surface area contributed by atoms with Crippen LogP contribution in [0.5, 0.6) is 0 Å². The van der Waals surface area contributed by atoms with Gasteiger partial charge < -0.3 is 11.2 Å². The van der Waals surface area contributed by atoms with Gasteiger partial charge in [0, 0.05) is 5.69 Å². The molecule has 0 fully saturated rings. The standard InChI is InChI=1S/C11H9ClF3N5OS/c12-8-2-1-6(3-7(8)11(13,14)15)18-9(21)4-22-10-19-17-5-20(10)16/h1-3,5H,4,16H2,(H,18,21). The number of anilines is 1. The molecule has 0 bridgehead atoms. The summed E-state index contributed by atoms with van der Waals surface area (Å²) in [7, 11) is 0. The first-order valence-electron chi connectivity index (χ1n) is 5.72. The maximum absolute atomic E-state index is 12.7. The molecule has 0 aliphatic carbocycles. The van der Waals surface area contributed by atoms with Gasteiger partial charge >= 0.3 is 6.18 Å². The molecule has 0 aliphatic heterocycles. The molecular weight excluding hydrogens is 343 g/mol. The van der Waals surface area contributed by atoms with Crippen LogP contribution in [-0.4, -0.2) is 26.5 Å². The molecule has 0 saturated carbocycles. The number of nitrogens with zero attached hydrogens (tertiary/aromatic N) is 3. The third-order valence-corrected chi connectivity index (χ3v) is 3.71. The Labute approximate surface area is 131 Å². The summed E-state index contributed by atoms with van der Waals surface area (Å²) in [5, 5.41) is 9.41. The summed E-state index contributed by atoms with van der Waals surface area (Å²) in [6, 6.07) is 3.13. The number of carbonyl (C=O) groups excluding carboxylic acids is 1. The SMILES string of the molecule is Nn1cnnc1SCC(=O)Nc1ccc(Cl)c(C(F)(F)F)c1. The lowest BCUT2D eigenvalue weighted by Crippen LogP contribution is -2.16. The fourth-order valence-corrected chi connectivity index (χ4v) is 2.34. The fraction of sp³-hybridized carbons (Fsp3) is 0.182. The third-order valence-electron chi connectivity index (χ3n) is 2.43. The summed E-state index contributed by atoms with van der Waals surface area (Å²) in [5.74, 6) is 4.87. The second kappa shape index (κ2) is 6.44. The van der Waals surface area contributed by atoms with Crippen molar-refractivity contribution in [1.29, 1.82) is 0 Å². The lowest BCUT2D eigenvalue weighted by Gasteiger charge is -2.11. The smallest absolute Gasteiger partial charge is 0.336 e. The van der Waals surface area contributed by atoms with E-state index in [0.29, 0.717) is 5.16 Å². The lowest BCUT2D eigenvalue weighted by molar-refractivity contribution is -0.137. The monoisotopic (exact) mass is 351 g/mol. The van der Waals surface area contributed by atoms with Crippen LogP contribution in [0.3, 0.4) is 0 Å². The zero-order chi connectivity index (χ0) is 16.3. The van der Waals surface area contributed by atoms with Crippen LogP contribution in [0.25, 0.3) is 0 Å². The second-order valence-corrected chi connectivity index (χ2v) is 5.40. The Balaban J connectivity index is 2.01. The highest BCUT2D eigenvalue weighted by molar-refractivity contribution is 7.99. The number of alkyl halides is 3. The molecule has 0 radical (unpaired) electrons. The summed E-state index contributed by atoms with van der Waals surface area (Å²) in [5.41, 5.74) is -1.02. The number of hydrogen-bond donors (Lipinski definition) is 2. The van der Waals surface area contributed by atoms with Gasteiger partial charge in [0.1, 0.15) is 6.33 Å². The first-order valence-corrected chi connectivity index (χ1v) is 7.08. The van der Waals surface area contributed by atoms with Crippen molar-refractivity contribution in [2.24, 2.45) is 0 Å². The second-order valence-electron chi connectivity index (χ2n) is 4.05. The van der Waals surface area contributed by atoms with Crippen LogP contribution in [0.15, 0.2) is 29.7 Å². The topological polar surface area (TPSA) is 85.8 Å². The van der Waals surface area contributed by atoms with Crippen molar-refractivity contribution in [2.75, 3.05) is 16.9 Å². The van der Waals surface area contributed by atoms with Gasteiger partial charge in [-0.25, -0.2) is 4.68 Å². The highest BCUT2D eigenvalue weighted by atomic mass is 35.5. The number of nitrogens with one attached hydrogen (secondary N) is 1. The lowest BCUT2D eigenvalue weighted by atomic mass is 10.2. The quantitative estimate of drug-likeness (QED) is 0.652. The Morgan fingerprint density at radius 1 is 1.45 bits per heavy atom. The van der Waals surface area contributed by atoms with Crippen LogP contribution < -0.4 is 11.2 Å². The number of halogens is 4. The number of nitrogens with two attached hydrogens (primary N) is 1. The zero-order valence-corrected chi connectivity index (χ0v) is 12.3. The van der Waals surface area contributed by atoms with Crippen LogP contribution >= 0.6 is 23.4 Å². The van der Waals surface area contributed by atoms with Crippen LogP contribution in [-0.2, 0) is 11.0 Å². The molecule has 0 saturated heterocycles. The van der Waals surface area contributed by atoms with E-state index in [9.17, 15) is 18.0 Å². The number of aromatic nitrogens is 3. The minimum Gasteiger partial charge on any atom is -0.336 e. The Morgan fingerprint density at radius 3 is 2.77 bits per heavy atom. The Hall–Kier alpha value is -1.94. The van der Waals surface area contributed by atoms with Crippen LogP contribution in [0.4, 0.5) is 18.9 Å². The molecule has 0 aliphatic rings. The minimum absolute atomic E-state index is 0.00320. The molecule has 3 N–H and O–H groups in total. The van der Waals surface area contributed by atoms with Crippen molar-refractivity contribution in [1.82, 2.24) is 14.9 Å². The molecule has 2 aromatic rings. The highest BCUT2D eigenvalue weighted by Crippen LogP contribution is 2.36. The van der Waals surface area contributed by atoms with E-state index < -0.39 is 22.7 Å². The van der Waals surface area contributed by atoms with Crippen LogP contribution in [0, 0.1) is 0 Å². The molecule has 1 aromatic heterocycles. The molecule has 22 heavy (non-hydrogen) atoms. The summed E-state index contributed by atoms with van der Waals surface area (Å²) in [6.45, 7) is 0. The van der Waals surface area contributed by atoms with Gasteiger partial charge in [-0.05, 0) is 18.2 Å². The van der Waals surface area contributed by atoms with Gasteiger partial charge in [0.15, 0.2) is 0 Å². The number of benzene rings is 1. The van der Waals surface area contributed by atoms with E-state index >= 15 is 0 Å². The molecule has 1 amide bonds. The first-order chi connectivity index (χ1) is 10.3. The Kier molecular flexibility index (Phi) is 4.81. The average Bonchev–Trinajstić information content (AvgIpc) is 2.83. The van der Waals surface area contributed by atoms with Crippen molar-refractivity contribution < 1.29 is 18.0 Å². The summed E-state index contributed by atoms with van der Waals surface area (Å²) in [4.78, 5) is 11.7. The van der Waals surface area contributed by atoms with Crippen molar-refractivity contribution in [3.8, 4) is 0 Å². The summed E-state index contributed by atoms with van der Waals surface area (Å²) < 4.78 is 39.3. The van der Waals surface area contributed by atoms with Crippen molar-refractivity contribution in [3.63, 3.8) is 0 Å². The maximum atomic E-state index is 12.7. The van der Waals surface area contributed by atoms with Gasteiger partial charge in [0.25, 0.3) is 0 Å². The molecule has 1 aromatic carbocycles. The van der Waals surface area contributed by atoms with E-state index in [1.54, 1.807) is 0 Å². The molecule has 6 nitrogen and oxygen atoms in total. The number of carbonyl (C=O) groups is 1. The molecule has 0 unspecified atom stereocenters. The molecule has 2 rings (SSSR count). The predicted octanol–water partition coefficient (Wildman–Crippen LogP) is 2.39. The van der Waals surface area contributed by atoms with Crippen molar-refractivity contribution >= 4 is 35.0 Å². The van der Waals surface area contributed by atoms with Crippen LogP contribution in [0.2, 0.25) is 5.02 Å². The Bertz CT molecular complexity index is 691. The van der Waals surface area contributed by atoms with E-state index in [-0.39, 0.29) is 11.4 Å². The van der Waals surface area contributed by atoms with Gasteiger partial charge in [-0.3, -0.25) is 4.79 Å². The average molecular weight is 352 g/mol. The summed E-state index contributed by atoms with van der Waals surface area (Å²) >= 11 is 6.49. The largest absolute Gasteiger partial charge is 0.417 e. The van der Waals surface area contributed by atoms with Gasteiger partial charge in [-0.1, -0.05) is 23.4 Å². The molecule has 11 heteroatoms. The van der Waals surface area contributed by atoms with E-state index in [1.807, 2.05) is 0 Å². The predicted molar refractivity (Wildman–Crippen MR) is 76.0 cm³/mol. The van der Waals surface area contributed by atoms with Crippen molar-refractivity contribution in [2.45, 2.75) is 11.3 Å². The third kappa shape index (κ3) is 4.04. The number of nitrogen functional groups attached to an aromatic ring is 1. The van der Waals surface area contributed by atoms with E-state index in [2.05, 4.69) is 15.5 Å². The normalized spacial score (nSPS) is 11.5. The van der Waals surface area contributed by atoms with Gasteiger partial charge in [0.05, 0.1) is 16.3 Å². The molecular formula is C11H9ClF3N5OS. The van der Waals surface area contributed by atoms with E-state index in [0.717, 1.165) is 28.6 Å². The zero-order valence-electron chi connectivity index (χ0n) is 10.8. The minimum atomic E-state index is -4.59. The number of amides is 1. The molecule has 0 spiro atoms. The van der Waals surface area contributed by atoms with Gasteiger partial charge in [0.2, 0.25) is 11.1 Å². The van der Waals surface area contributed by atoms with Gasteiger partial charge in [-0.15, -0.1) is 10.2 Å². The highest BCUT2D eigenvalue weighted by Gasteiger charge is 2.33.